The predicted octanol–water partition coefficient (Wildman–Crippen LogP) is 5.13. The van der Waals surface area contributed by atoms with Gasteiger partial charge in [0.2, 0.25) is 0 Å². The smallest absolute Gasteiger partial charge is 0.161 e. The molecule has 0 fully saturated rings. The van der Waals surface area contributed by atoms with Crippen molar-refractivity contribution in [3.05, 3.63) is 69.8 Å². The minimum absolute atomic E-state index is 0.0872. The largest absolute Gasteiger partial charge is 0.464 e. The van der Waals surface area contributed by atoms with E-state index in [2.05, 4.69) is 5.32 Å². The van der Waals surface area contributed by atoms with E-state index in [9.17, 15) is 9.18 Å². The number of carbonyl (C=O) groups excluding carboxylic acids is 1. The summed E-state index contributed by atoms with van der Waals surface area (Å²) < 4.78 is 19.8. The second kappa shape index (κ2) is 6.16. The van der Waals surface area contributed by atoms with Gasteiger partial charge in [0.05, 0.1) is 11.8 Å². The Morgan fingerprint density at radius 1 is 1.15 bits per heavy atom. The minimum Gasteiger partial charge on any atom is -0.464 e. The fourth-order valence-electron chi connectivity index (χ4n) is 4.16. The van der Waals surface area contributed by atoms with Gasteiger partial charge in [0.1, 0.15) is 11.6 Å². The number of nitrogens with one attached hydrogen (secondary N) is 1. The van der Waals surface area contributed by atoms with Gasteiger partial charge >= 0.3 is 0 Å². The molecule has 2 aliphatic heterocycles. The molecular formula is C21H18FNO2S. The first kappa shape index (κ1) is 15.9. The number of Topliss-reactive ketones (excluding diaryl/α,β-unsaturated/α-hetero) is 1. The molecular weight excluding hydrogens is 349 g/mol. The Labute approximate surface area is 155 Å². The summed E-state index contributed by atoms with van der Waals surface area (Å²) in [6, 6.07) is 8.66. The molecule has 0 radical (unpaired) electrons. The van der Waals surface area contributed by atoms with E-state index in [0.29, 0.717) is 17.7 Å². The van der Waals surface area contributed by atoms with Crippen molar-refractivity contribution < 1.29 is 13.6 Å². The van der Waals surface area contributed by atoms with Crippen molar-refractivity contribution in [3.8, 4) is 11.3 Å². The maximum atomic E-state index is 14.4. The van der Waals surface area contributed by atoms with Gasteiger partial charge in [-0.2, -0.15) is 0 Å². The lowest BCUT2D eigenvalue weighted by molar-refractivity contribution is -0.116. The minimum atomic E-state index is -0.310. The number of ketones is 1. The first-order valence-corrected chi connectivity index (χ1v) is 9.93. The lowest BCUT2D eigenvalue weighted by Gasteiger charge is -2.33. The van der Waals surface area contributed by atoms with Crippen molar-refractivity contribution in [2.24, 2.45) is 0 Å². The summed E-state index contributed by atoms with van der Waals surface area (Å²) in [4.78, 5) is 14.0. The maximum absolute atomic E-state index is 14.4. The zero-order valence-corrected chi connectivity index (χ0v) is 15.0. The van der Waals surface area contributed by atoms with Crippen LogP contribution in [-0.4, -0.2) is 11.5 Å². The zero-order chi connectivity index (χ0) is 17.7. The second-order valence-electron chi connectivity index (χ2n) is 6.88. The molecule has 1 aliphatic carbocycles. The predicted molar refractivity (Wildman–Crippen MR) is 100.0 cm³/mol. The molecule has 1 N–H and O–H groups in total. The zero-order valence-electron chi connectivity index (χ0n) is 14.2. The summed E-state index contributed by atoms with van der Waals surface area (Å²) in [5, 5.41) is 3.53. The highest BCUT2D eigenvalue weighted by atomic mass is 32.2. The van der Waals surface area contributed by atoms with E-state index < -0.39 is 0 Å². The highest BCUT2D eigenvalue weighted by Gasteiger charge is 2.38. The van der Waals surface area contributed by atoms with E-state index >= 15 is 0 Å². The number of hydrogen-bond acceptors (Lipinski definition) is 4. The van der Waals surface area contributed by atoms with E-state index in [1.54, 1.807) is 18.4 Å². The Bertz CT molecular complexity index is 958. The molecule has 5 heteroatoms. The Morgan fingerprint density at radius 3 is 2.92 bits per heavy atom. The standard InChI is InChI=1S/C21H18FNO2S/c22-14-7-6-12(11-13(14)18-5-2-9-25-18)19-20-15(3-1-4-17(20)24)23-16-8-10-26-21(16)19/h2,5-7,9,11,19,23H,1,3-4,8,10H2. The van der Waals surface area contributed by atoms with E-state index in [1.807, 2.05) is 23.9 Å². The van der Waals surface area contributed by atoms with Crippen LogP contribution in [0.2, 0.25) is 0 Å². The molecule has 1 atom stereocenters. The molecule has 3 nitrogen and oxygen atoms in total. The Balaban J connectivity index is 1.67. The Morgan fingerprint density at radius 2 is 2.08 bits per heavy atom. The number of allylic oxidation sites excluding steroid dienone is 4. The van der Waals surface area contributed by atoms with Gasteiger partial charge in [-0.15, -0.1) is 11.8 Å². The summed E-state index contributed by atoms with van der Waals surface area (Å²) in [6.45, 7) is 0. The van der Waals surface area contributed by atoms with E-state index in [4.69, 9.17) is 4.42 Å². The monoisotopic (exact) mass is 367 g/mol. The number of dihydropyridines is 1. The van der Waals surface area contributed by atoms with Crippen LogP contribution in [0.4, 0.5) is 4.39 Å². The van der Waals surface area contributed by atoms with Crippen molar-refractivity contribution in [2.45, 2.75) is 31.6 Å². The van der Waals surface area contributed by atoms with Gasteiger partial charge in [-0.1, -0.05) is 6.07 Å². The van der Waals surface area contributed by atoms with Gasteiger partial charge in [-0.3, -0.25) is 4.79 Å². The van der Waals surface area contributed by atoms with Crippen LogP contribution in [0, 0.1) is 5.82 Å². The van der Waals surface area contributed by atoms with Crippen LogP contribution in [0.15, 0.2) is 62.9 Å². The Hall–Kier alpha value is -2.27. The van der Waals surface area contributed by atoms with E-state index in [0.717, 1.165) is 41.8 Å². The van der Waals surface area contributed by atoms with Crippen molar-refractivity contribution in [1.29, 1.82) is 0 Å². The summed E-state index contributed by atoms with van der Waals surface area (Å²) in [5.74, 6) is 1.35. The van der Waals surface area contributed by atoms with Crippen molar-refractivity contribution in [3.63, 3.8) is 0 Å². The van der Waals surface area contributed by atoms with Gasteiger partial charge in [0.15, 0.2) is 5.78 Å². The molecule has 1 aromatic heterocycles. The third-order valence-electron chi connectivity index (χ3n) is 5.33. The molecule has 2 aromatic rings. The number of carbonyl (C=O) groups is 1. The molecule has 3 heterocycles. The maximum Gasteiger partial charge on any atom is 0.161 e. The highest BCUT2D eigenvalue weighted by Crippen LogP contribution is 2.50. The molecule has 26 heavy (non-hydrogen) atoms. The molecule has 132 valence electrons. The average molecular weight is 367 g/mol. The van der Waals surface area contributed by atoms with Crippen LogP contribution in [0.3, 0.4) is 0 Å². The van der Waals surface area contributed by atoms with Gasteiger partial charge in [-0.05, 0) is 49.1 Å². The topological polar surface area (TPSA) is 42.2 Å². The van der Waals surface area contributed by atoms with Crippen molar-refractivity contribution in [2.75, 3.05) is 5.75 Å². The van der Waals surface area contributed by atoms with Crippen LogP contribution in [0.1, 0.15) is 37.2 Å². The molecule has 3 aliphatic rings. The van der Waals surface area contributed by atoms with Gasteiger partial charge < -0.3 is 9.73 Å². The molecule has 0 spiro atoms. The number of hydrogen-bond donors (Lipinski definition) is 1. The molecule has 0 saturated heterocycles. The lowest BCUT2D eigenvalue weighted by atomic mass is 9.79. The summed E-state index contributed by atoms with van der Waals surface area (Å²) in [7, 11) is 0. The number of thioether (sulfide) groups is 1. The van der Waals surface area contributed by atoms with E-state index in [-0.39, 0.29) is 17.5 Å². The molecule has 5 rings (SSSR count). The van der Waals surface area contributed by atoms with Gasteiger partial charge in [0, 0.05) is 40.0 Å². The Kier molecular flexibility index (Phi) is 3.78. The summed E-state index contributed by atoms with van der Waals surface area (Å²) in [6.07, 6.45) is 4.94. The van der Waals surface area contributed by atoms with Crippen LogP contribution in [0.25, 0.3) is 11.3 Å². The van der Waals surface area contributed by atoms with Crippen LogP contribution in [0.5, 0.6) is 0 Å². The van der Waals surface area contributed by atoms with Crippen molar-refractivity contribution >= 4 is 17.5 Å². The van der Waals surface area contributed by atoms with E-state index in [1.165, 1.54) is 16.7 Å². The third kappa shape index (κ3) is 2.45. The molecule has 1 unspecified atom stereocenters. The number of rotatable bonds is 2. The number of halogens is 1. The average Bonchev–Trinajstić information content (AvgIpc) is 3.32. The number of furan rings is 1. The quantitative estimate of drug-likeness (QED) is 0.799. The SMILES string of the molecule is O=C1CCCC2=C1C(c1ccc(F)c(-c3ccco3)c1)C1=C(CCS1)N2. The third-order valence-corrected chi connectivity index (χ3v) is 6.53. The first-order chi connectivity index (χ1) is 12.7. The van der Waals surface area contributed by atoms with Crippen LogP contribution in [-0.2, 0) is 4.79 Å². The fraction of sp³-hybridized carbons (Fsp3) is 0.286. The highest BCUT2D eigenvalue weighted by molar-refractivity contribution is 8.03. The second-order valence-corrected chi connectivity index (χ2v) is 8.02. The first-order valence-electron chi connectivity index (χ1n) is 8.95. The van der Waals surface area contributed by atoms with Gasteiger partial charge in [0.25, 0.3) is 0 Å². The normalized spacial score (nSPS) is 22.3. The molecule has 0 amide bonds. The lowest BCUT2D eigenvalue weighted by Crippen LogP contribution is -2.30. The fourth-order valence-corrected chi connectivity index (χ4v) is 5.43. The van der Waals surface area contributed by atoms with Crippen LogP contribution < -0.4 is 5.32 Å². The summed E-state index contributed by atoms with van der Waals surface area (Å²) >= 11 is 1.81. The number of benzene rings is 1. The molecule has 0 saturated carbocycles. The summed E-state index contributed by atoms with van der Waals surface area (Å²) in [5.41, 5.74) is 4.58. The molecule has 1 aromatic carbocycles. The molecule has 0 bridgehead atoms. The van der Waals surface area contributed by atoms with Gasteiger partial charge in [-0.25, -0.2) is 4.39 Å². The van der Waals surface area contributed by atoms with Crippen LogP contribution >= 0.6 is 11.8 Å². The van der Waals surface area contributed by atoms with Crippen molar-refractivity contribution in [1.82, 2.24) is 5.32 Å².